The van der Waals surface area contributed by atoms with Crippen LogP contribution >= 0.6 is 0 Å². The molecule has 0 N–H and O–H groups in total. The number of allylic oxidation sites excluding steroid dienone is 1. The van der Waals surface area contributed by atoms with Crippen molar-refractivity contribution in [1.29, 1.82) is 0 Å². The molecule has 88 valence electrons. The molecule has 1 rings (SSSR count). The van der Waals surface area contributed by atoms with Crippen molar-refractivity contribution in [3.8, 4) is 0 Å². The molecule has 0 saturated carbocycles. The highest BCUT2D eigenvalue weighted by Gasteiger charge is 2.17. The predicted octanol–water partition coefficient (Wildman–Crippen LogP) is 1.12. The number of sulfone groups is 1. The highest BCUT2D eigenvalue weighted by molar-refractivity contribution is 7.91. The molecule has 1 heterocycles. The van der Waals surface area contributed by atoms with Crippen LogP contribution in [-0.2, 0) is 9.84 Å². The van der Waals surface area contributed by atoms with E-state index in [1.807, 2.05) is 0 Å². The van der Waals surface area contributed by atoms with Gasteiger partial charge in [-0.3, -0.25) is 0 Å². The Morgan fingerprint density at radius 2 is 2.12 bits per heavy atom. The van der Waals surface area contributed by atoms with Crippen LogP contribution in [0.1, 0.15) is 12.1 Å². The van der Waals surface area contributed by atoms with Crippen molar-refractivity contribution < 1.29 is 17.2 Å². The van der Waals surface area contributed by atoms with Crippen LogP contribution in [0.15, 0.2) is 23.5 Å². The van der Waals surface area contributed by atoms with Gasteiger partial charge in [0, 0.05) is 0 Å². The second-order valence-electron chi connectivity index (χ2n) is 2.98. The van der Waals surface area contributed by atoms with Gasteiger partial charge < -0.3 is 0 Å². The zero-order chi connectivity index (χ0) is 12.2. The van der Waals surface area contributed by atoms with E-state index in [0.29, 0.717) is 11.8 Å². The van der Waals surface area contributed by atoms with Gasteiger partial charge in [0.2, 0.25) is 9.84 Å². The van der Waals surface area contributed by atoms with Crippen LogP contribution in [0.5, 0.6) is 0 Å². The third-order valence-electron chi connectivity index (χ3n) is 1.62. The van der Waals surface area contributed by atoms with Gasteiger partial charge in [-0.05, 0) is 19.4 Å². The quantitative estimate of drug-likeness (QED) is 0.799. The van der Waals surface area contributed by atoms with Crippen LogP contribution in [0.3, 0.4) is 0 Å². The summed E-state index contributed by atoms with van der Waals surface area (Å²) >= 11 is 0. The average molecular weight is 249 g/mol. The lowest BCUT2D eigenvalue weighted by molar-refractivity contribution is 0.418. The zero-order valence-electron chi connectivity index (χ0n) is 8.39. The number of halogens is 2. The Morgan fingerprint density at radius 1 is 1.44 bits per heavy atom. The van der Waals surface area contributed by atoms with Crippen LogP contribution in [0.4, 0.5) is 8.78 Å². The molecule has 5 nitrogen and oxygen atoms in total. The summed E-state index contributed by atoms with van der Waals surface area (Å²) in [6, 6.07) is 0. The average Bonchev–Trinajstić information content (AvgIpc) is 2.17. The maximum atomic E-state index is 11.7. The summed E-state index contributed by atoms with van der Waals surface area (Å²) < 4.78 is 46.3. The van der Waals surface area contributed by atoms with E-state index >= 15 is 0 Å². The van der Waals surface area contributed by atoms with E-state index in [1.165, 1.54) is 6.20 Å². The molecule has 1 aromatic rings. The van der Waals surface area contributed by atoms with E-state index in [1.54, 1.807) is 6.92 Å². The first-order valence-corrected chi connectivity index (χ1v) is 5.97. The Labute approximate surface area is 91.2 Å². The molecule has 0 saturated heterocycles. The number of aryl methyl sites for hydroxylation is 1. The first kappa shape index (κ1) is 12.6. The summed E-state index contributed by atoms with van der Waals surface area (Å²) in [4.78, 5) is 3.58. The topological polar surface area (TPSA) is 72.8 Å². The SMILES string of the molecule is Cc1cnc(S(=O)(=O)CCC=C(F)F)nn1. The van der Waals surface area contributed by atoms with Crippen molar-refractivity contribution in [1.82, 2.24) is 15.2 Å². The normalized spacial score (nSPS) is 11.2. The van der Waals surface area contributed by atoms with E-state index in [2.05, 4.69) is 15.2 Å². The molecule has 1 aromatic heterocycles. The Morgan fingerprint density at radius 3 is 2.62 bits per heavy atom. The Balaban J connectivity index is 2.78. The highest BCUT2D eigenvalue weighted by atomic mass is 32.2. The largest absolute Gasteiger partial charge is 0.267 e. The number of aromatic nitrogens is 3. The van der Waals surface area contributed by atoms with E-state index in [0.717, 1.165) is 0 Å². The number of rotatable bonds is 4. The molecule has 0 aliphatic carbocycles. The van der Waals surface area contributed by atoms with Gasteiger partial charge in [0.05, 0.1) is 17.6 Å². The summed E-state index contributed by atoms with van der Waals surface area (Å²) in [5, 5.41) is 6.48. The summed E-state index contributed by atoms with van der Waals surface area (Å²) in [7, 11) is -3.74. The lowest BCUT2D eigenvalue weighted by Gasteiger charge is -1.99. The monoisotopic (exact) mass is 249 g/mol. The Kier molecular flexibility index (Phi) is 3.99. The summed E-state index contributed by atoms with van der Waals surface area (Å²) in [6.45, 7) is 1.61. The molecular weight excluding hydrogens is 240 g/mol. The third-order valence-corrected chi connectivity index (χ3v) is 3.14. The molecule has 0 radical (unpaired) electrons. The molecule has 0 spiro atoms. The zero-order valence-corrected chi connectivity index (χ0v) is 9.21. The third kappa shape index (κ3) is 3.61. The van der Waals surface area contributed by atoms with Crippen molar-refractivity contribution in [2.45, 2.75) is 18.5 Å². The molecule has 0 amide bonds. The standard InChI is InChI=1S/C8H9F2N3O2S/c1-6-5-11-8(13-12-6)16(14,15)4-2-3-7(9)10/h3,5H,2,4H2,1H3. The van der Waals surface area contributed by atoms with Crippen molar-refractivity contribution in [2.24, 2.45) is 0 Å². The molecule has 0 aromatic carbocycles. The van der Waals surface area contributed by atoms with Crippen LogP contribution in [0.2, 0.25) is 0 Å². The molecule has 0 unspecified atom stereocenters. The Hall–Kier alpha value is -1.44. The minimum atomic E-state index is -3.74. The van der Waals surface area contributed by atoms with Crippen molar-refractivity contribution >= 4 is 9.84 Å². The van der Waals surface area contributed by atoms with Gasteiger partial charge in [0.15, 0.2) is 0 Å². The van der Waals surface area contributed by atoms with E-state index in [-0.39, 0.29) is 6.42 Å². The van der Waals surface area contributed by atoms with Gasteiger partial charge in [-0.15, -0.1) is 5.10 Å². The lowest BCUT2D eigenvalue weighted by atomic mass is 10.5. The minimum absolute atomic E-state index is 0.276. The fraction of sp³-hybridized carbons (Fsp3) is 0.375. The second kappa shape index (κ2) is 5.06. The van der Waals surface area contributed by atoms with Crippen LogP contribution in [0.25, 0.3) is 0 Å². The first-order chi connectivity index (χ1) is 7.42. The maximum absolute atomic E-state index is 11.7. The van der Waals surface area contributed by atoms with Gasteiger partial charge in [0.25, 0.3) is 11.2 Å². The highest BCUT2D eigenvalue weighted by Crippen LogP contribution is 2.07. The van der Waals surface area contributed by atoms with Crippen LogP contribution < -0.4 is 0 Å². The number of hydrogen-bond donors (Lipinski definition) is 0. The molecule has 0 fully saturated rings. The minimum Gasteiger partial charge on any atom is -0.223 e. The molecule has 0 atom stereocenters. The van der Waals surface area contributed by atoms with Crippen molar-refractivity contribution in [3.63, 3.8) is 0 Å². The summed E-state index contributed by atoms with van der Waals surface area (Å²) in [5.74, 6) is -0.463. The van der Waals surface area contributed by atoms with Gasteiger partial charge in [-0.2, -0.15) is 13.9 Å². The smallest absolute Gasteiger partial charge is 0.223 e. The van der Waals surface area contributed by atoms with Crippen molar-refractivity contribution in [2.75, 3.05) is 5.75 Å². The first-order valence-electron chi connectivity index (χ1n) is 4.32. The summed E-state index contributed by atoms with van der Waals surface area (Å²) in [5.41, 5.74) is 0.480. The van der Waals surface area contributed by atoms with Gasteiger partial charge in [0.1, 0.15) is 0 Å². The lowest BCUT2D eigenvalue weighted by Crippen LogP contribution is -2.11. The van der Waals surface area contributed by atoms with Crippen molar-refractivity contribution in [3.05, 3.63) is 24.0 Å². The summed E-state index contributed by atoms with van der Waals surface area (Å²) in [6.07, 6.45) is -0.384. The molecule has 0 aliphatic heterocycles. The van der Waals surface area contributed by atoms with Gasteiger partial charge in [-0.25, -0.2) is 13.4 Å². The number of nitrogens with zero attached hydrogens (tertiary/aromatic N) is 3. The molecule has 0 aliphatic rings. The fourth-order valence-corrected chi connectivity index (χ4v) is 1.87. The van der Waals surface area contributed by atoms with Gasteiger partial charge >= 0.3 is 0 Å². The molecular formula is C8H9F2N3O2S. The predicted molar refractivity (Wildman–Crippen MR) is 51.5 cm³/mol. The van der Waals surface area contributed by atoms with E-state index < -0.39 is 26.8 Å². The molecule has 0 bridgehead atoms. The van der Waals surface area contributed by atoms with Crippen LogP contribution in [-0.4, -0.2) is 29.4 Å². The molecule has 8 heteroatoms. The molecule has 16 heavy (non-hydrogen) atoms. The Bertz CT molecular complexity index is 481. The maximum Gasteiger partial charge on any atom is 0.267 e. The van der Waals surface area contributed by atoms with Crippen LogP contribution in [0, 0.1) is 6.92 Å². The fourth-order valence-electron chi connectivity index (χ4n) is 0.879. The van der Waals surface area contributed by atoms with Gasteiger partial charge in [-0.1, -0.05) is 0 Å². The van der Waals surface area contributed by atoms with E-state index in [4.69, 9.17) is 0 Å². The number of hydrogen-bond acceptors (Lipinski definition) is 5. The second-order valence-corrected chi connectivity index (χ2v) is 4.99. The van der Waals surface area contributed by atoms with E-state index in [9.17, 15) is 17.2 Å².